The van der Waals surface area contributed by atoms with Crippen LogP contribution in [0.2, 0.25) is 0 Å². The molecule has 0 unspecified atom stereocenters. The van der Waals surface area contributed by atoms with E-state index in [0.29, 0.717) is 0 Å². The second kappa shape index (κ2) is 29.3. The summed E-state index contributed by atoms with van der Waals surface area (Å²) in [6, 6.07) is 0. The molecule has 2 N–H and O–H groups in total. The van der Waals surface area contributed by atoms with E-state index in [9.17, 15) is 0 Å². The first kappa shape index (κ1) is 19.2. The highest BCUT2D eigenvalue weighted by molar-refractivity contribution is 4.51. The molecule has 0 rings (SSSR count). The second-order valence-corrected chi connectivity index (χ2v) is 2.47. The number of rotatable bonds is 5. The van der Waals surface area contributed by atoms with E-state index in [2.05, 4.69) is 20.4 Å². The number of aliphatic hydroxyl groups is 2. The van der Waals surface area contributed by atoms with Gasteiger partial charge in [0.25, 0.3) is 0 Å². The van der Waals surface area contributed by atoms with Gasteiger partial charge in [-0.15, -0.1) is 6.58 Å². The van der Waals surface area contributed by atoms with E-state index in [1.807, 2.05) is 6.92 Å². The maximum atomic E-state index is 7.62. The van der Waals surface area contributed by atoms with E-state index in [0.717, 1.165) is 26.1 Å². The van der Waals surface area contributed by atoms with Gasteiger partial charge in [-0.1, -0.05) is 19.9 Å². The van der Waals surface area contributed by atoms with Gasteiger partial charge in [-0.3, -0.25) is 0 Å². The van der Waals surface area contributed by atoms with Gasteiger partial charge < -0.3 is 14.9 Å². The van der Waals surface area contributed by atoms with Crippen molar-refractivity contribution in [2.45, 2.75) is 33.6 Å². The summed E-state index contributed by atoms with van der Waals surface area (Å²) in [5.74, 6) is 0. The lowest BCUT2D eigenvalue weighted by atomic mass is 10.5. The van der Waals surface area contributed by atoms with Crippen molar-refractivity contribution in [2.24, 2.45) is 0 Å². The van der Waals surface area contributed by atoms with Crippen molar-refractivity contribution in [3.05, 3.63) is 12.7 Å². The minimum Gasteiger partial charge on any atom is -0.394 e. The van der Waals surface area contributed by atoms with Crippen molar-refractivity contribution in [1.82, 2.24) is 0 Å². The highest BCUT2D eigenvalue weighted by atomic mass is 16.5. The first-order valence-electron chi connectivity index (χ1n) is 5.11. The average Bonchev–Trinajstić information content (AvgIpc) is 2.20. The molecule has 0 saturated carbocycles. The van der Waals surface area contributed by atoms with Crippen LogP contribution in [0.25, 0.3) is 0 Å². The second-order valence-electron chi connectivity index (χ2n) is 2.47. The normalized spacial score (nSPS) is 7.79. The quantitative estimate of drug-likeness (QED) is 0.534. The van der Waals surface area contributed by atoms with E-state index in [1.165, 1.54) is 0 Å². The Morgan fingerprint density at radius 2 is 1.36 bits per heavy atom. The lowest BCUT2D eigenvalue weighted by molar-refractivity contribution is 0.135. The summed E-state index contributed by atoms with van der Waals surface area (Å²) in [4.78, 5) is 0. The molecule has 0 aliphatic rings. The molecular weight excluding hydrogens is 180 g/mol. The van der Waals surface area contributed by atoms with Crippen molar-refractivity contribution >= 4 is 0 Å². The maximum absolute atomic E-state index is 7.62. The fourth-order valence-electron chi connectivity index (χ4n) is 0.391. The molecule has 0 aromatic rings. The van der Waals surface area contributed by atoms with E-state index >= 15 is 0 Å². The highest BCUT2D eigenvalue weighted by Crippen LogP contribution is 1.81. The number of ether oxygens (including phenoxy) is 1. The van der Waals surface area contributed by atoms with Crippen LogP contribution in [0.4, 0.5) is 0 Å². The Balaban J connectivity index is -0.000000147. The molecule has 0 heterocycles. The zero-order chi connectivity index (χ0) is 11.7. The molecule has 0 aliphatic heterocycles. The van der Waals surface area contributed by atoms with Gasteiger partial charge in [-0.25, -0.2) is 0 Å². The van der Waals surface area contributed by atoms with Crippen molar-refractivity contribution in [3.8, 4) is 0 Å². The molecular formula is C11H26O3. The van der Waals surface area contributed by atoms with Crippen molar-refractivity contribution in [1.29, 1.82) is 0 Å². The van der Waals surface area contributed by atoms with Gasteiger partial charge in [-0.05, 0) is 19.8 Å². The molecule has 14 heavy (non-hydrogen) atoms. The van der Waals surface area contributed by atoms with Crippen LogP contribution in [-0.4, -0.2) is 36.6 Å². The predicted molar refractivity (Wildman–Crippen MR) is 61.4 cm³/mol. The van der Waals surface area contributed by atoms with Crippen LogP contribution in [0.3, 0.4) is 0 Å². The van der Waals surface area contributed by atoms with Gasteiger partial charge in [0.05, 0.1) is 13.2 Å². The van der Waals surface area contributed by atoms with Crippen LogP contribution >= 0.6 is 0 Å². The fraction of sp³-hybridized carbons (Fsp3) is 0.818. The molecule has 0 amide bonds. The summed E-state index contributed by atoms with van der Waals surface area (Å²) in [6.07, 6.45) is 4.03. The molecule has 0 spiro atoms. The molecule has 0 bridgehead atoms. The van der Waals surface area contributed by atoms with Crippen LogP contribution in [0.1, 0.15) is 33.6 Å². The topological polar surface area (TPSA) is 49.7 Å². The molecule has 0 aliphatic carbocycles. The molecule has 0 saturated heterocycles. The maximum Gasteiger partial charge on any atom is 0.0662 e. The molecule has 0 aromatic heterocycles. The Morgan fingerprint density at radius 3 is 1.50 bits per heavy atom. The van der Waals surface area contributed by atoms with E-state index < -0.39 is 0 Å². The lowest BCUT2D eigenvalue weighted by Crippen LogP contribution is -1.92. The van der Waals surface area contributed by atoms with Gasteiger partial charge in [0.2, 0.25) is 0 Å². The first-order valence-corrected chi connectivity index (χ1v) is 5.11. The number of hydrogen-bond acceptors (Lipinski definition) is 3. The summed E-state index contributed by atoms with van der Waals surface area (Å²) in [7, 11) is 0. The molecule has 0 atom stereocenters. The summed E-state index contributed by atoms with van der Waals surface area (Å²) < 4.78 is 5.13. The van der Waals surface area contributed by atoms with Crippen LogP contribution in [0.15, 0.2) is 12.7 Å². The monoisotopic (exact) mass is 206 g/mol. The van der Waals surface area contributed by atoms with E-state index in [4.69, 9.17) is 14.9 Å². The third-order valence-corrected chi connectivity index (χ3v) is 0.797. The Bertz CT molecular complexity index is 68.9. The van der Waals surface area contributed by atoms with E-state index in [1.54, 1.807) is 6.08 Å². The fourth-order valence-corrected chi connectivity index (χ4v) is 0.391. The molecule has 0 aromatic carbocycles. The molecule has 0 radical (unpaired) electrons. The number of hydrogen-bond donors (Lipinski definition) is 2. The summed E-state index contributed by atoms with van der Waals surface area (Å²) >= 11 is 0. The van der Waals surface area contributed by atoms with Gasteiger partial charge in [0.15, 0.2) is 0 Å². The Labute approximate surface area is 88.4 Å². The highest BCUT2D eigenvalue weighted by Gasteiger charge is 1.77. The first-order chi connectivity index (χ1) is 6.74. The van der Waals surface area contributed by atoms with Crippen molar-refractivity contribution in [3.63, 3.8) is 0 Å². The minimum absolute atomic E-state index is 0.125. The third-order valence-electron chi connectivity index (χ3n) is 0.797. The van der Waals surface area contributed by atoms with Gasteiger partial charge in [0.1, 0.15) is 0 Å². The number of aliphatic hydroxyl groups excluding tert-OH is 2. The smallest absolute Gasteiger partial charge is 0.0662 e. The van der Waals surface area contributed by atoms with Crippen LogP contribution in [0.5, 0.6) is 0 Å². The lowest BCUT2D eigenvalue weighted by Gasteiger charge is -1.95. The zero-order valence-electron chi connectivity index (χ0n) is 9.83. The van der Waals surface area contributed by atoms with Crippen molar-refractivity contribution in [2.75, 3.05) is 26.4 Å². The average molecular weight is 206 g/mol. The SMILES string of the molecule is C=CC.CCCOCCC.OCCO. The van der Waals surface area contributed by atoms with Crippen molar-refractivity contribution < 1.29 is 14.9 Å². The van der Waals surface area contributed by atoms with Gasteiger partial charge in [-0.2, -0.15) is 0 Å². The third kappa shape index (κ3) is 61.4. The molecule has 3 nitrogen and oxygen atoms in total. The minimum atomic E-state index is -0.125. The zero-order valence-corrected chi connectivity index (χ0v) is 9.83. The number of allylic oxidation sites excluding steroid dienone is 1. The van der Waals surface area contributed by atoms with Gasteiger partial charge in [0, 0.05) is 13.2 Å². The van der Waals surface area contributed by atoms with Gasteiger partial charge >= 0.3 is 0 Å². The standard InChI is InChI=1S/C6H14O.C3H6.C2H6O2/c1-3-5-7-6-4-2;1-3-2;3-1-2-4/h3-6H2,1-2H3;3H,1H2,2H3;3-4H,1-2H2. The Morgan fingerprint density at radius 1 is 1.07 bits per heavy atom. The summed E-state index contributed by atoms with van der Waals surface area (Å²) in [6.45, 7) is 11.1. The summed E-state index contributed by atoms with van der Waals surface area (Å²) in [5, 5.41) is 15.2. The van der Waals surface area contributed by atoms with Crippen LogP contribution in [-0.2, 0) is 4.74 Å². The largest absolute Gasteiger partial charge is 0.394 e. The predicted octanol–water partition coefficient (Wildman–Crippen LogP) is 1.99. The van der Waals surface area contributed by atoms with Crippen LogP contribution in [0, 0.1) is 0 Å². The Hall–Kier alpha value is -0.380. The summed E-state index contributed by atoms with van der Waals surface area (Å²) in [5.41, 5.74) is 0. The molecule has 3 heteroatoms. The van der Waals surface area contributed by atoms with E-state index in [-0.39, 0.29) is 13.2 Å². The molecule has 88 valence electrons. The Kier molecular flexibility index (Phi) is 40.3. The van der Waals surface area contributed by atoms with Crippen LogP contribution < -0.4 is 0 Å². The molecule has 0 fully saturated rings.